The van der Waals surface area contributed by atoms with Gasteiger partial charge in [-0.1, -0.05) is 18.7 Å². The molecule has 0 amide bonds. The first-order chi connectivity index (χ1) is 8.50. The third-order valence-electron chi connectivity index (χ3n) is 2.77. The Balaban J connectivity index is 2.44. The molecule has 0 radical (unpaired) electrons. The van der Waals surface area contributed by atoms with Crippen molar-refractivity contribution < 1.29 is 24.5 Å². The van der Waals surface area contributed by atoms with Crippen molar-refractivity contribution in [1.29, 1.82) is 0 Å². The van der Waals surface area contributed by atoms with Crippen LogP contribution in [-0.4, -0.2) is 34.9 Å². The van der Waals surface area contributed by atoms with E-state index >= 15 is 0 Å². The van der Waals surface area contributed by atoms with Gasteiger partial charge in [0.25, 0.3) is 0 Å². The molecular formula is C13H12O5. The van der Waals surface area contributed by atoms with Gasteiger partial charge in [0.15, 0.2) is 0 Å². The Morgan fingerprint density at radius 1 is 1.28 bits per heavy atom. The van der Waals surface area contributed by atoms with E-state index in [1.165, 1.54) is 12.1 Å². The molecule has 1 heterocycles. The second kappa shape index (κ2) is 4.62. The van der Waals surface area contributed by atoms with Gasteiger partial charge >= 0.3 is 11.9 Å². The number of hydrogen-bond acceptors (Lipinski definition) is 3. The van der Waals surface area contributed by atoms with Crippen LogP contribution in [0.3, 0.4) is 0 Å². The van der Waals surface area contributed by atoms with Crippen molar-refractivity contribution >= 4 is 17.5 Å². The Morgan fingerprint density at radius 3 is 2.39 bits per heavy atom. The molecule has 0 spiro atoms. The summed E-state index contributed by atoms with van der Waals surface area (Å²) < 4.78 is 5.05. The molecule has 1 aliphatic rings. The molecule has 94 valence electrons. The smallest absolute Gasteiger partial charge is 0.337 e. The van der Waals surface area contributed by atoms with Crippen LogP contribution in [0, 0.1) is 0 Å². The topological polar surface area (TPSA) is 87.1 Å². The Labute approximate surface area is 103 Å². The third kappa shape index (κ3) is 2.41. The lowest BCUT2D eigenvalue weighted by atomic mass is 9.94. The summed E-state index contributed by atoms with van der Waals surface area (Å²) in [6, 6.07) is 4.36. The van der Waals surface area contributed by atoms with Crippen LogP contribution >= 0.6 is 0 Å². The highest BCUT2D eigenvalue weighted by molar-refractivity contribution is 6.05. The van der Waals surface area contributed by atoms with Gasteiger partial charge in [0, 0.05) is 6.42 Å². The van der Waals surface area contributed by atoms with Crippen molar-refractivity contribution in [1.82, 2.24) is 0 Å². The first-order valence-corrected chi connectivity index (χ1v) is 5.40. The van der Waals surface area contributed by atoms with Crippen LogP contribution in [-0.2, 0) is 4.74 Å². The maximum absolute atomic E-state index is 11.2. The molecule has 0 bridgehead atoms. The molecule has 1 fully saturated rings. The van der Waals surface area contributed by atoms with Gasteiger partial charge in [-0.05, 0) is 17.2 Å². The zero-order valence-electron chi connectivity index (χ0n) is 9.55. The van der Waals surface area contributed by atoms with Crippen molar-refractivity contribution in [3.05, 3.63) is 41.5 Å². The van der Waals surface area contributed by atoms with Crippen LogP contribution < -0.4 is 0 Å². The number of carbonyl (C=O) groups is 2. The number of carboxylic acid groups (broad SMARTS) is 2. The first-order valence-electron chi connectivity index (χ1n) is 5.40. The predicted molar refractivity (Wildman–Crippen MR) is 63.8 cm³/mol. The molecule has 1 aromatic rings. The Hall–Kier alpha value is -2.14. The van der Waals surface area contributed by atoms with E-state index in [9.17, 15) is 9.59 Å². The molecule has 5 nitrogen and oxygen atoms in total. The highest BCUT2D eigenvalue weighted by Crippen LogP contribution is 2.29. The van der Waals surface area contributed by atoms with E-state index < -0.39 is 11.9 Å². The van der Waals surface area contributed by atoms with Gasteiger partial charge in [0.05, 0.1) is 23.8 Å². The van der Waals surface area contributed by atoms with E-state index in [4.69, 9.17) is 14.9 Å². The van der Waals surface area contributed by atoms with Crippen molar-refractivity contribution in [2.24, 2.45) is 0 Å². The van der Waals surface area contributed by atoms with Crippen LogP contribution in [0.1, 0.15) is 32.7 Å². The van der Waals surface area contributed by atoms with Crippen LogP contribution in [0.15, 0.2) is 24.8 Å². The summed E-state index contributed by atoms with van der Waals surface area (Å²) >= 11 is 0. The zero-order valence-corrected chi connectivity index (χ0v) is 9.55. The van der Waals surface area contributed by atoms with Gasteiger partial charge < -0.3 is 14.9 Å². The maximum Gasteiger partial charge on any atom is 0.337 e. The molecular weight excluding hydrogens is 236 g/mol. The van der Waals surface area contributed by atoms with E-state index in [0.29, 0.717) is 24.2 Å². The van der Waals surface area contributed by atoms with Crippen LogP contribution in [0.2, 0.25) is 0 Å². The van der Waals surface area contributed by atoms with Gasteiger partial charge in [-0.2, -0.15) is 0 Å². The fourth-order valence-electron chi connectivity index (χ4n) is 1.83. The average Bonchev–Trinajstić information content (AvgIpc) is 3.11. The molecule has 0 saturated carbocycles. The van der Waals surface area contributed by atoms with Crippen molar-refractivity contribution in [3.63, 3.8) is 0 Å². The summed E-state index contributed by atoms with van der Waals surface area (Å²) in [6.45, 7) is 4.45. The first kappa shape index (κ1) is 12.3. The van der Waals surface area contributed by atoms with Crippen molar-refractivity contribution in [2.75, 3.05) is 6.61 Å². The lowest BCUT2D eigenvalue weighted by Gasteiger charge is -2.10. The molecule has 1 saturated heterocycles. The summed E-state index contributed by atoms with van der Waals surface area (Å²) in [5, 5.41) is 18.2. The van der Waals surface area contributed by atoms with E-state index in [1.54, 1.807) is 6.07 Å². The molecule has 2 rings (SSSR count). The second-order valence-electron chi connectivity index (χ2n) is 4.10. The number of hydrogen-bond donors (Lipinski definition) is 2. The van der Waals surface area contributed by atoms with Gasteiger partial charge in [-0.3, -0.25) is 0 Å². The standard InChI is InChI=1S/C13H12O5/c1-7(5-8-6-18-8)9-3-2-4-10(12(14)15)11(9)13(16)17/h2-4,8H,1,5-6H2,(H,14,15)(H,16,17). The van der Waals surface area contributed by atoms with Crippen LogP contribution in [0.4, 0.5) is 0 Å². The summed E-state index contributed by atoms with van der Waals surface area (Å²) in [5.74, 6) is -2.52. The van der Waals surface area contributed by atoms with E-state index in [-0.39, 0.29) is 17.2 Å². The highest BCUT2D eigenvalue weighted by Gasteiger charge is 2.26. The Kier molecular flexibility index (Phi) is 3.16. The number of epoxide rings is 1. The molecule has 1 aliphatic heterocycles. The molecule has 18 heavy (non-hydrogen) atoms. The number of rotatable bonds is 5. The SMILES string of the molecule is C=C(CC1CO1)c1cccc(C(=O)O)c1C(=O)O. The van der Waals surface area contributed by atoms with Gasteiger partial charge in [0.1, 0.15) is 0 Å². The minimum Gasteiger partial charge on any atom is -0.478 e. The van der Waals surface area contributed by atoms with Crippen molar-refractivity contribution in [2.45, 2.75) is 12.5 Å². The Morgan fingerprint density at radius 2 is 1.89 bits per heavy atom. The van der Waals surface area contributed by atoms with E-state index in [1.807, 2.05) is 0 Å². The van der Waals surface area contributed by atoms with Crippen LogP contribution in [0.25, 0.3) is 5.57 Å². The molecule has 5 heteroatoms. The summed E-state index contributed by atoms with van der Waals surface area (Å²) in [4.78, 5) is 22.2. The van der Waals surface area contributed by atoms with Gasteiger partial charge in [0.2, 0.25) is 0 Å². The van der Waals surface area contributed by atoms with Crippen LogP contribution in [0.5, 0.6) is 0 Å². The molecule has 1 atom stereocenters. The largest absolute Gasteiger partial charge is 0.478 e. The highest BCUT2D eigenvalue weighted by atomic mass is 16.6. The number of aromatic carboxylic acids is 2. The quantitative estimate of drug-likeness (QED) is 0.777. The third-order valence-corrected chi connectivity index (χ3v) is 2.77. The molecule has 1 aromatic carbocycles. The van der Waals surface area contributed by atoms with Crippen molar-refractivity contribution in [3.8, 4) is 0 Å². The second-order valence-corrected chi connectivity index (χ2v) is 4.10. The molecule has 0 aromatic heterocycles. The van der Waals surface area contributed by atoms with Gasteiger partial charge in [-0.25, -0.2) is 9.59 Å². The number of benzene rings is 1. The zero-order chi connectivity index (χ0) is 13.3. The van der Waals surface area contributed by atoms with E-state index in [2.05, 4.69) is 6.58 Å². The average molecular weight is 248 g/mol. The lowest BCUT2D eigenvalue weighted by Crippen LogP contribution is -2.11. The lowest BCUT2D eigenvalue weighted by molar-refractivity contribution is 0.0651. The van der Waals surface area contributed by atoms with E-state index in [0.717, 1.165) is 0 Å². The summed E-state index contributed by atoms with van der Waals surface area (Å²) in [5.41, 5.74) is 0.504. The molecule has 1 unspecified atom stereocenters. The normalized spacial score (nSPS) is 17.2. The minimum atomic E-state index is -1.26. The molecule has 0 aliphatic carbocycles. The fraction of sp³-hybridized carbons (Fsp3) is 0.231. The monoisotopic (exact) mass is 248 g/mol. The summed E-state index contributed by atoms with van der Waals surface area (Å²) in [6.07, 6.45) is 0.594. The number of ether oxygens (including phenoxy) is 1. The fourth-order valence-corrected chi connectivity index (χ4v) is 1.83. The summed E-state index contributed by atoms with van der Waals surface area (Å²) in [7, 11) is 0. The Bertz CT molecular complexity index is 528. The maximum atomic E-state index is 11.2. The van der Waals surface area contributed by atoms with Gasteiger partial charge in [-0.15, -0.1) is 0 Å². The minimum absolute atomic E-state index is 0.0765. The molecule has 2 N–H and O–H groups in total. The predicted octanol–water partition coefficient (Wildman–Crippen LogP) is 1.89. The number of carboxylic acids is 2.